The molecule has 0 radical (unpaired) electrons. The predicted octanol–water partition coefficient (Wildman–Crippen LogP) is 2.81. The molecule has 0 aliphatic carbocycles. The van der Waals surface area contributed by atoms with Crippen molar-refractivity contribution in [3.05, 3.63) is 33.1 Å². The van der Waals surface area contributed by atoms with Crippen molar-refractivity contribution in [2.45, 2.75) is 31.7 Å². The van der Waals surface area contributed by atoms with Crippen molar-refractivity contribution in [1.29, 1.82) is 0 Å². The fourth-order valence-corrected chi connectivity index (χ4v) is 3.16. The van der Waals surface area contributed by atoms with Crippen LogP contribution >= 0.6 is 22.6 Å². The second-order valence-corrected chi connectivity index (χ2v) is 5.97. The van der Waals surface area contributed by atoms with E-state index in [4.69, 9.17) is 0 Å². The first-order valence-electron chi connectivity index (χ1n) is 6.50. The number of likely N-dealkylation sites (tertiary alicyclic amines) is 1. The van der Waals surface area contributed by atoms with Crippen molar-refractivity contribution in [2.75, 3.05) is 13.2 Å². The molecule has 0 aromatic heterocycles. The number of benzene rings is 1. The van der Waals surface area contributed by atoms with Crippen molar-refractivity contribution in [3.63, 3.8) is 0 Å². The quantitative estimate of drug-likeness (QED) is 0.806. The number of halogens is 2. The van der Waals surface area contributed by atoms with E-state index in [1.54, 1.807) is 4.90 Å². The van der Waals surface area contributed by atoms with Crippen LogP contribution in [-0.2, 0) is 0 Å². The highest BCUT2D eigenvalue weighted by molar-refractivity contribution is 14.1. The lowest BCUT2D eigenvalue weighted by molar-refractivity contribution is 0.0598. The van der Waals surface area contributed by atoms with Crippen LogP contribution in [0.15, 0.2) is 18.2 Å². The van der Waals surface area contributed by atoms with Gasteiger partial charge in [0.15, 0.2) is 0 Å². The third kappa shape index (κ3) is 3.45. The lowest BCUT2D eigenvalue weighted by Crippen LogP contribution is -2.42. The molecule has 1 aliphatic rings. The Morgan fingerprint density at radius 3 is 2.89 bits per heavy atom. The number of hydrogen-bond acceptors (Lipinski definition) is 2. The standard InChI is InChI=1S/C14H17FINO2/c15-10-5-6-12(13(16)8-10)14(19)17-7-3-1-2-4-11(17)9-18/h5-6,8,11,18H,1-4,7,9H2. The van der Waals surface area contributed by atoms with E-state index in [2.05, 4.69) is 0 Å². The Morgan fingerprint density at radius 1 is 1.42 bits per heavy atom. The van der Waals surface area contributed by atoms with Crippen molar-refractivity contribution < 1.29 is 14.3 Å². The van der Waals surface area contributed by atoms with Gasteiger partial charge >= 0.3 is 0 Å². The Hall–Kier alpha value is -0.690. The molecule has 1 amide bonds. The number of rotatable bonds is 2. The summed E-state index contributed by atoms with van der Waals surface area (Å²) >= 11 is 1.98. The molecular formula is C14H17FINO2. The fraction of sp³-hybridized carbons (Fsp3) is 0.500. The van der Waals surface area contributed by atoms with E-state index in [-0.39, 0.29) is 24.4 Å². The highest BCUT2D eigenvalue weighted by atomic mass is 127. The average molecular weight is 377 g/mol. The Kier molecular flexibility index (Phi) is 5.15. The van der Waals surface area contributed by atoms with Gasteiger partial charge in [-0.3, -0.25) is 4.79 Å². The molecule has 0 spiro atoms. The molecular weight excluding hydrogens is 360 g/mol. The lowest BCUT2D eigenvalue weighted by atomic mass is 10.1. The van der Waals surface area contributed by atoms with Gasteiger partial charge in [0.2, 0.25) is 0 Å². The Bertz CT molecular complexity index is 467. The first kappa shape index (κ1) is 14.7. The van der Waals surface area contributed by atoms with E-state index in [9.17, 15) is 14.3 Å². The van der Waals surface area contributed by atoms with Crippen LogP contribution in [0.4, 0.5) is 4.39 Å². The predicted molar refractivity (Wildman–Crippen MR) is 79.5 cm³/mol. The number of hydrogen-bond donors (Lipinski definition) is 1. The molecule has 1 aliphatic heterocycles. The second kappa shape index (κ2) is 6.65. The van der Waals surface area contributed by atoms with Gasteiger partial charge in [-0.2, -0.15) is 0 Å². The Balaban J connectivity index is 2.25. The maximum atomic E-state index is 13.1. The van der Waals surface area contributed by atoms with Crippen molar-refractivity contribution >= 4 is 28.5 Å². The maximum absolute atomic E-state index is 13.1. The molecule has 1 heterocycles. The van der Waals surface area contributed by atoms with Gasteiger partial charge < -0.3 is 10.0 Å². The summed E-state index contributed by atoms with van der Waals surface area (Å²) in [4.78, 5) is 14.3. The minimum Gasteiger partial charge on any atom is -0.394 e. The zero-order chi connectivity index (χ0) is 13.8. The van der Waals surface area contributed by atoms with Crippen molar-refractivity contribution in [3.8, 4) is 0 Å². The Labute approximate surface area is 125 Å². The van der Waals surface area contributed by atoms with Crippen LogP contribution in [0.5, 0.6) is 0 Å². The molecule has 1 unspecified atom stereocenters. The summed E-state index contributed by atoms with van der Waals surface area (Å²) < 4.78 is 13.7. The lowest BCUT2D eigenvalue weighted by Gasteiger charge is -2.29. The third-order valence-corrected chi connectivity index (χ3v) is 4.40. The molecule has 104 valence electrons. The van der Waals surface area contributed by atoms with Crippen LogP contribution in [0.3, 0.4) is 0 Å². The highest BCUT2D eigenvalue weighted by Gasteiger charge is 2.26. The molecule has 19 heavy (non-hydrogen) atoms. The van der Waals surface area contributed by atoms with E-state index in [0.29, 0.717) is 15.7 Å². The van der Waals surface area contributed by atoms with Crippen LogP contribution in [0.2, 0.25) is 0 Å². The SMILES string of the molecule is O=C(c1ccc(F)cc1I)N1CCCCCC1CO. The van der Waals surface area contributed by atoms with Gasteiger partial charge in [-0.1, -0.05) is 12.8 Å². The molecule has 0 bridgehead atoms. The first-order valence-corrected chi connectivity index (χ1v) is 7.58. The Morgan fingerprint density at radius 2 is 2.21 bits per heavy atom. The monoisotopic (exact) mass is 377 g/mol. The molecule has 2 rings (SSSR count). The zero-order valence-corrected chi connectivity index (χ0v) is 12.8. The zero-order valence-electron chi connectivity index (χ0n) is 10.6. The van der Waals surface area contributed by atoms with Gasteiger partial charge in [0.25, 0.3) is 5.91 Å². The minimum atomic E-state index is -0.337. The molecule has 1 saturated heterocycles. The normalized spacial score (nSPS) is 20.2. The summed E-state index contributed by atoms with van der Waals surface area (Å²) in [7, 11) is 0. The largest absolute Gasteiger partial charge is 0.394 e. The van der Waals surface area contributed by atoms with Gasteiger partial charge in [0.1, 0.15) is 5.82 Å². The molecule has 1 aromatic rings. The van der Waals surface area contributed by atoms with E-state index in [0.717, 1.165) is 25.7 Å². The smallest absolute Gasteiger partial charge is 0.255 e. The molecule has 1 atom stereocenters. The molecule has 3 nitrogen and oxygen atoms in total. The van der Waals surface area contributed by atoms with Gasteiger partial charge in [-0.25, -0.2) is 4.39 Å². The van der Waals surface area contributed by atoms with Crippen LogP contribution in [0.1, 0.15) is 36.0 Å². The van der Waals surface area contributed by atoms with E-state index in [1.165, 1.54) is 18.2 Å². The summed E-state index contributed by atoms with van der Waals surface area (Å²) in [6.07, 6.45) is 3.91. The molecule has 1 N–H and O–H groups in total. The topological polar surface area (TPSA) is 40.5 Å². The minimum absolute atomic E-state index is 0.0104. The molecule has 5 heteroatoms. The molecule has 0 saturated carbocycles. The maximum Gasteiger partial charge on any atom is 0.255 e. The first-order chi connectivity index (χ1) is 9.13. The van der Waals surface area contributed by atoms with Crippen LogP contribution in [-0.4, -0.2) is 35.1 Å². The van der Waals surface area contributed by atoms with Crippen LogP contribution in [0.25, 0.3) is 0 Å². The number of nitrogens with zero attached hydrogens (tertiary/aromatic N) is 1. The molecule has 1 fully saturated rings. The van der Waals surface area contributed by atoms with Gasteiger partial charge in [-0.15, -0.1) is 0 Å². The average Bonchev–Trinajstić information content (AvgIpc) is 2.63. The van der Waals surface area contributed by atoms with Gasteiger partial charge in [0, 0.05) is 10.1 Å². The number of carbonyl (C=O) groups is 1. The number of aliphatic hydroxyl groups excluding tert-OH is 1. The summed E-state index contributed by atoms with van der Waals surface area (Å²) in [5, 5.41) is 9.44. The fourth-order valence-electron chi connectivity index (χ4n) is 2.45. The van der Waals surface area contributed by atoms with Crippen molar-refractivity contribution in [1.82, 2.24) is 4.90 Å². The van der Waals surface area contributed by atoms with E-state index >= 15 is 0 Å². The number of amides is 1. The number of aliphatic hydroxyl groups is 1. The van der Waals surface area contributed by atoms with Crippen molar-refractivity contribution in [2.24, 2.45) is 0 Å². The summed E-state index contributed by atoms with van der Waals surface area (Å²) in [6, 6.07) is 4.08. The molecule has 1 aromatic carbocycles. The second-order valence-electron chi connectivity index (χ2n) is 4.81. The van der Waals surface area contributed by atoms with Gasteiger partial charge in [-0.05, 0) is 53.6 Å². The van der Waals surface area contributed by atoms with Crippen LogP contribution in [0, 0.1) is 9.39 Å². The van der Waals surface area contributed by atoms with E-state index < -0.39 is 0 Å². The highest BCUT2D eigenvalue weighted by Crippen LogP contribution is 2.22. The third-order valence-electron chi connectivity index (χ3n) is 3.51. The van der Waals surface area contributed by atoms with Crippen LogP contribution < -0.4 is 0 Å². The summed E-state index contributed by atoms with van der Waals surface area (Å²) in [5.74, 6) is -0.444. The summed E-state index contributed by atoms with van der Waals surface area (Å²) in [5.41, 5.74) is 0.516. The number of carbonyl (C=O) groups excluding carboxylic acids is 1. The van der Waals surface area contributed by atoms with E-state index in [1.807, 2.05) is 22.6 Å². The van der Waals surface area contributed by atoms with Gasteiger partial charge in [0.05, 0.1) is 18.2 Å². The summed E-state index contributed by atoms with van der Waals surface area (Å²) in [6.45, 7) is 0.654.